The van der Waals surface area contributed by atoms with Gasteiger partial charge in [0.1, 0.15) is 17.9 Å². The summed E-state index contributed by atoms with van der Waals surface area (Å²) in [5.41, 5.74) is 2.38. The number of aryl methyl sites for hydroxylation is 1. The smallest absolute Gasteiger partial charge is 0.194 e. The molecule has 1 aromatic heterocycles. The highest BCUT2D eigenvalue weighted by Crippen LogP contribution is 2.12. The zero-order chi connectivity index (χ0) is 21.2. The Bertz CT molecular complexity index is 927. The molecule has 0 saturated carbocycles. The first-order valence-electron chi connectivity index (χ1n) is 10.2. The van der Waals surface area contributed by atoms with Gasteiger partial charge >= 0.3 is 0 Å². The lowest BCUT2D eigenvalue weighted by Gasteiger charge is -2.23. The summed E-state index contributed by atoms with van der Waals surface area (Å²) in [5.74, 6) is 2.70. The number of guanidine groups is 1. The van der Waals surface area contributed by atoms with Gasteiger partial charge in [0.25, 0.3) is 0 Å². The van der Waals surface area contributed by atoms with Crippen LogP contribution in [0.5, 0.6) is 5.75 Å². The maximum Gasteiger partial charge on any atom is 0.194 e. The largest absolute Gasteiger partial charge is 0.497 e. The van der Waals surface area contributed by atoms with Crippen molar-refractivity contribution in [3.8, 4) is 5.75 Å². The number of aliphatic imine (C=N–C) groups is 1. The number of nitrogens with one attached hydrogen (secondary N) is 1. The van der Waals surface area contributed by atoms with Crippen molar-refractivity contribution in [3.05, 3.63) is 77.9 Å². The number of aromatic nitrogens is 3. The molecule has 0 saturated heterocycles. The van der Waals surface area contributed by atoms with E-state index in [9.17, 15) is 0 Å². The van der Waals surface area contributed by atoms with Crippen LogP contribution in [0.15, 0.2) is 65.9 Å². The molecule has 3 aromatic rings. The van der Waals surface area contributed by atoms with Crippen molar-refractivity contribution in [1.82, 2.24) is 25.0 Å². The van der Waals surface area contributed by atoms with E-state index < -0.39 is 0 Å². The van der Waals surface area contributed by atoms with Gasteiger partial charge in [0, 0.05) is 33.1 Å². The highest BCUT2D eigenvalue weighted by Gasteiger charge is 2.08. The fourth-order valence-corrected chi connectivity index (χ4v) is 3.17. The maximum absolute atomic E-state index is 5.24. The van der Waals surface area contributed by atoms with Crippen LogP contribution in [0.3, 0.4) is 0 Å². The second kappa shape index (κ2) is 12.9. The summed E-state index contributed by atoms with van der Waals surface area (Å²) >= 11 is 0. The minimum Gasteiger partial charge on any atom is -0.497 e. The second-order valence-electron chi connectivity index (χ2n) is 7.05. The fourth-order valence-electron chi connectivity index (χ4n) is 3.17. The standard InChI is InChI=1S/C23H30N6O.HI/c1-4-22-27-26-18-29(22)15-14-24-23(28(2)17-20-8-6-5-7-9-20)25-16-19-10-12-21(30-3)13-11-19;/h5-13,18H,4,14-17H2,1-3H3,(H,24,25);1H. The van der Waals surface area contributed by atoms with E-state index in [1.807, 2.05) is 30.3 Å². The third-order valence-corrected chi connectivity index (χ3v) is 4.84. The van der Waals surface area contributed by atoms with Crippen LogP contribution < -0.4 is 10.1 Å². The Balaban J connectivity index is 0.00000341. The zero-order valence-corrected chi connectivity index (χ0v) is 20.7. The first-order valence-corrected chi connectivity index (χ1v) is 10.2. The Kier molecular flexibility index (Phi) is 10.3. The molecule has 7 nitrogen and oxygen atoms in total. The van der Waals surface area contributed by atoms with Gasteiger partial charge in [-0.2, -0.15) is 0 Å². The van der Waals surface area contributed by atoms with E-state index >= 15 is 0 Å². The maximum atomic E-state index is 5.24. The first kappa shape index (κ1) is 24.6. The van der Waals surface area contributed by atoms with Crippen molar-refractivity contribution in [2.75, 3.05) is 20.7 Å². The number of nitrogens with zero attached hydrogens (tertiary/aromatic N) is 5. The molecule has 0 fully saturated rings. The molecule has 166 valence electrons. The lowest BCUT2D eigenvalue weighted by Crippen LogP contribution is -2.40. The number of hydrogen-bond acceptors (Lipinski definition) is 4. The van der Waals surface area contributed by atoms with Crippen LogP contribution in [0.1, 0.15) is 23.9 Å². The summed E-state index contributed by atoms with van der Waals surface area (Å²) in [4.78, 5) is 7.00. The molecule has 1 heterocycles. The SMILES string of the molecule is CCc1nncn1CCNC(=NCc1ccc(OC)cc1)N(C)Cc1ccccc1.I. The van der Waals surface area contributed by atoms with Crippen LogP contribution in [-0.4, -0.2) is 46.3 Å². The molecule has 0 aliphatic carbocycles. The molecule has 3 rings (SSSR count). The molecule has 0 amide bonds. The first-order chi connectivity index (χ1) is 14.7. The van der Waals surface area contributed by atoms with Gasteiger partial charge in [-0.25, -0.2) is 4.99 Å². The quantitative estimate of drug-likeness (QED) is 0.258. The summed E-state index contributed by atoms with van der Waals surface area (Å²) in [5, 5.41) is 11.7. The molecule has 0 atom stereocenters. The monoisotopic (exact) mass is 534 g/mol. The highest BCUT2D eigenvalue weighted by atomic mass is 127. The predicted octanol–water partition coefficient (Wildman–Crippen LogP) is 3.74. The van der Waals surface area contributed by atoms with Gasteiger partial charge < -0.3 is 19.5 Å². The number of halogens is 1. The Morgan fingerprint density at radius 2 is 1.84 bits per heavy atom. The number of rotatable bonds is 9. The van der Waals surface area contributed by atoms with Crippen molar-refractivity contribution in [2.24, 2.45) is 4.99 Å². The Morgan fingerprint density at radius 3 is 2.52 bits per heavy atom. The van der Waals surface area contributed by atoms with Crippen LogP contribution in [0.25, 0.3) is 0 Å². The van der Waals surface area contributed by atoms with Crippen LogP contribution in [0.4, 0.5) is 0 Å². The normalized spacial score (nSPS) is 11.0. The molecule has 0 unspecified atom stereocenters. The Morgan fingerprint density at radius 1 is 1.10 bits per heavy atom. The van der Waals surface area contributed by atoms with Crippen molar-refractivity contribution in [1.29, 1.82) is 0 Å². The average molecular weight is 534 g/mol. The average Bonchev–Trinajstić information content (AvgIpc) is 3.24. The van der Waals surface area contributed by atoms with Crippen molar-refractivity contribution in [2.45, 2.75) is 33.0 Å². The van der Waals surface area contributed by atoms with E-state index in [2.05, 4.69) is 63.2 Å². The van der Waals surface area contributed by atoms with E-state index in [1.165, 1.54) is 5.56 Å². The molecule has 0 radical (unpaired) electrons. The van der Waals surface area contributed by atoms with Gasteiger partial charge in [-0.1, -0.05) is 49.4 Å². The summed E-state index contributed by atoms with van der Waals surface area (Å²) in [6.45, 7) is 4.99. The molecule has 0 aliphatic rings. The van der Waals surface area contributed by atoms with Crippen LogP contribution in [-0.2, 0) is 26.1 Å². The summed E-state index contributed by atoms with van der Waals surface area (Å²) in [6, 6.07) is 18.4. The molecule has 0 aliphatic heterocycles. The molecule has 31 heavy (non-hydrogen) atoms. The summed E-state index contributed by atoms with van der Waals surface area (Å²) < 4.78 is 7.31. The Hall–Kier alpha value is -2.62. The lowest BCUT2D eigenvalue weighted by molar-refractivity contribution is 0.414. The van der Waals surface area contributed by atoms with Crippen molar-refractivity contribution in [3.63, 3.8) is 0 Å². The lowest BCUT2D eigenvalue weighted by atomic mass is 10.2. The fraction of sp³-hybridized carbons (Fsp3) is 0.348. The zero-order valence-electron chi connectivity index (χ0n) is 18.4. The molecular formula is C23H31IN6O. The van der Waals surface area contributed by atoms with E-state index in [0.717, 1.165) is 49.2 Å². The molecule has 0 spiro atoms. The van der Waals surface area contributed by atoms with Crippen molar-refractivity contribution < 1.29 is 4.74 Å². The Labute approximate surface area is 201 Å². The molecular weight excluding hydrogens is 503 g/mol. The van der Waals surface area contributed by atoms with Gasteiger partial charge in [-0.05, 0) is 23.3 Å². The highest BCUT2D eigenvalue weighted by molar-refractivity contribution is 14.0. The van der Waals surface area contributed by atoms with E-state index in [1.54, 1.807) is 13.4 Å². The minimum atomic E-state index is 0. The van der Waals surface area contributed by atoms with E-state index in [-0.39, 0.29) is 24.0 Å². The minimum absolute atomic E-state index is 0. The third-order valence-electron chi connectivity index (χ3n) is 4.84. The van der Waals surface area contributed by atoms with E-state index in [4.69, 9.17) is 9.73 Å². The predicted molar refractivity (Wildman–Crippen MR) is 135 cm³/mol. The summed E-state index contributed by atoms with van der Waals surface area (Å²) in [6.07, 6.45) is 2.65. The molecule has 8 heteroatoms. The number of hydrogen-bond donors (Lipinski definition) is 1. The molecule has 0 bridgehead atoms. The van der Waals surface area contributed by atoms with Gasteiger partial charge in [-0.3, -0.25) is 0 Å². The van der Waals surface area contributed by atoms with E-state index in [0.29, 0.717) is 6.54 Å². The van der Waals surface area contributed by atoms with Crippen LogP contribution >= 0.6 is 24.0 Å². The number of methoxy groups -OCH3 is 1. The number of benzene rings is 2. The van der Waals surface area contributed by atoms with Gasteiger partial charge in [0.05, 0.1) is 13.7 Å². The van der Waals surface area contributed by atoms with Gasteiger partial charge in [0.15, 0.2) is 5.96 Å². The van der Waals surface area contributed by atoms with Crippen molar-refractivity contribution >= 4 is 29.9 Å². The molecule has 1 N–H and O–H groups in total. The topological polar surface area (TPSA) is 67.6 Å². The summed E-state index contributed by atoms with van der Waals surface area (Å²) in [7, 11) is 3.73. The van der Waals surface area contributed by atoms with Crippen LogP contribution in [0, 0.1) is 0 Å². The van der Waals surface area contributed by atoms with Gasteiger partial charge in [-0.15, -0.1) is 34.2 Å². The van der Waals surface area contributed by atoms with Gasteiger partial charge in [0.2, 0.25) is 0 Å². The second-order valence-corrected chi connectivity index (χ2v) is 7.05. The number of ether oxygens (including phenoxy) is 1. The van der Waals surface area contributed by atoms with Crippen LogP contribution in [0.2, 0.25) is 0 Å². The molecule has 2 aromatic carbocycles. The third kappa shape index (κ3) is 7.54.